The van der Waals surface area contributed by atoms with Crippen molar-refractivity contribution in [3.05, 3.63) is 36.7 Å². The second-order valence-electron chi connectivity index (χ2n) is 6.34. The zero-order valence-corrected chi connectivity index (χ0v) is 13.7. The molecule has 124 valence electrons. The van der Waals surface area contributed by atoms with Crippen molar-refractivity contribution in [1.29, 1.82) is 0 Å². The van der Waals surface area contributed by atoms with Crippen LogP contribution in [0.1, 0.15) is 20.8 Å². The molecule has 7 nitrogen and oxygen atoms in total. The largest absolute Gasteiger partial charge is 0.467 e. The zero-order chi connectivity index (χ0) is 17.2. The lowest BCUT2D eigenvalue weighted by molar-refractivity contribution is -0.124. The average Bonchev–Trinajstić information content (AvgIpc) is 2.97. The molecular formula is C17H18N4O3. The van der Waals surface area contributed by atoms with Crippen LogP contribution >= 0.6 is 0 Å². The standard InChI is InChI=1S/C17H18N4O3/c1-17(2,3)20-12(22)9-23-15-13-14(11-7-5-4-6-8-11)21-24-16(13)19-10-18-15/h4-8,10H,9H2,1-3H3,(H,20,22). The number of carbonyl (C=O) groups excluding carboxylic acids is 1. The van der Waals surface area contributed by atoms with E-state index in [4.69, 9.17) is 9.26 Å². The van der Waals surface area contributed by atoms with Crippen molar-refractivity contribution < 1.29 is 14.1 Å². The Bertz CT molecular complexity index is 853. The molecule has 0 saturated carbocycles. The van der Waals surface area contributed by atoms with Crippen molar-refractivity contribution in [3.8, 4) is 17.1 Å². The van der Waals surface area contributed by atoms with Gasteiger partial charge < -0.3 is 14.6 Å². The van der Waals surface area contributed by atoms with Crippen molar-refractivity contribution >= 4 is 17.0 Å². The Kier molecular flexibility index (Phi) is 4.16. The molecule has 1 N–H and O–H groups in total. The molecule has 0 fully saturated rings. The van der Waals surface area contributed by atoms with Gasteiger partial charge in [0.2, 0.25) is 5.88 Å². The number of aromatic nitrogens is 3. The summed E-state index contributed by atoms with van der Waals surface area (Å²) in [4.78, 5) is 20.1. The second-order valence-corrected chi connectivity index (χ2v) is 6.34. The van der Waals surface area contributed by atoms with E-state index < -0.39 is 0 Å². The Hall–Kier alpha value is -2.96. The maximum atomic E-state index is 11.9. The SMILES string of the molecule is CC(C)(C)NC(=O)COc1ncnc2onc(-c3ccccc3)c12. The highest BCUT2D eigenvalue weighted by Gasteiger charge is 2.19. The smallest absolute Gasteiger partial charge is 0.265 e. The van der Waals surface area contributed by atoms with Crippen molar-refractivity contribution in [1.82, 2.24) is 20.4 Å². The molecule has 0 spiro atoms. The Morgan fingerprint density at radius 2 is 1.96 bits per heavy atom. The first kappa shape index (κ1) is 15.9. The van der Waals surface area contributed by atoms with Crippen molar-refractivity contribution in [2.24, 2.45) is 0 Å². The maximum absolute atomic E-state index is 11.9. The van der Waals surface area contributed by atoms with Gasteiger partial charge in [-0.05, 0) is 20.8 Å². The number of fused-ring (bicyclic) bond motifs is 1. The molecule has 3 aromatic rings. The summed E-state index contributed by atoms with van der Waals surface area (Å²) in [6, 6.07) is 9.52. The number of benzene rings is 1. The molecule has 0 aliphatic rings. The Morgan fingerprint density at radius 1 is 1.21 bits per heavy atom. The summed E-state index contributed by atoms with van der Waals surface area (Å²) in [6.07, 6.45) is 1.32. The summed E-state index contributed by atoms with van der Waals surface area (Å²) in [6.45, 7) is 5.56. The lowest BCUT2D eigenvalue weighted by Gasteiger charge is -2.20. The van der Waals surface area contributed by atoms with Crippen LogP contribution in [0.15, 0.2) is 41.2 Å². The van der Waals surface area contributed by atoms with Crippen LogP contribution in [0.5, 0.6) is 5.88 Å². The predicted molar refractivity (Wildman–Crippen MR) is 88.4 cm³/mol. The Balaban J connectivity index is 1.89. The first-order valence-electron chi connectivity index (χ1n) is 7.54. The number of amides is 1. The third kappa shape index (κ3) is 3.51. The van der Waals surface area contributed by atoms with E-state index in [1.165, 1.54) is 6.33 Å². The molecule has 2 aromatic heterocycles. The minimum atomic E-state index is -0.326. The molecule has 0 aliphatic heterocycles. The highest BCUT2D eigenvalue weighted by atomic mass is 16.5. The highest BCUT2D eigenvalue weighted by molar-refractivity contribution is 5.93. The molecular weight excluding hydrogens is 308 g/mol. The summed E-state index contributed by atoms with van der Waals surface area (Å²) in [5.41, 5.74) is 1.43. The lowest BCUT2D eigenvalue weighted by Crippen LogP contribution is -2.43. The molecule has 0 aliphatic carbocycles. The number of carbonyl (C=O) groups is 1. The fraction of sp³-hybridized carbons (Fsp3) is 0.294. The van der Waals surface area contributed by atoms with Gasteiger partial charge in [0.25, 0.3) is 11.6 Å². The van der Waals surface area contributed by atoms with Gasteiger partial charge in [-0.25, -0.2) is 4.98 Å². The molecule has 0 unspecified atom stereocenters. The van der Waals surface area contributed by atoms with Crippen LogP contribution in [0.4, 0.5) is 0 Å². The summed E-state index contributed by atoms with van der Waals surface area (Å²) in [7, 11) is 0. The van der Waals surface area contributed by atoms with E-state index in [1.54, 1.807) is 0 Å². The fourth-order valence-electron chi connectivity index (χ4n) is 2.25. The molecule has 1 amide bonds. The van der Waals surface area contributed by atoms with Gasteiger partial charge in [-0.15, -0.1) is 0 Å². The van der Waals surface area contributed by atoms with E-state index in [9.17, 15) is 4.79 Å². The van der Waals surface area contributed by atoms with E-state index in [0.717, 1.165) is 5.56 Å². The minimum absolute atomic E-state index is 0.150. The quantitative estimate of drug-likeness (QED) is 0.792. The van der Waals surface area contributed by atoms with E-state index in [2.05, 4.69) is 20.4 Å². The van der Waals surface area contributed by atoms with Crippen molar-refractivity contribution in [2.75, 3.05) is 6.61 Å². The van der Waals surface area contributed by atoms with Gasteiger partial charge in [0, 0.05) is 11.1 Å². The molecule has 3 rings (SSSR count). The van der Waals surface area contributed by atoms with Gasteiger partial charge >= 0.3 is 0 Å². The average molecular weight is 326 g/mol. The number of hydrogen-bond donors (Lipinski definition) is 1. The number of nitrogens with zero attached hydrogens (tertiary/aromatic N) is 3. The van der Waals surface area contributed by atoms with E-state index in [0.29, 0.717) is 16.8 Å². The Labute approximate surface area is 139 Å². The third-order valence-electron chi connectivity index (χ3n) is 3.14. The molecule has 0 bridgehead atoms. The number of hydrogen-bond acceptors (Lipinski definition) is 6. The number of ether oxygens (including phenoxy) is 1. The fourth-order valence-corrected chi connectivity index (χ4v) is 2.25. The van der Waals surface area contributed by atoms with E-state index in [-0.39, 0.29) is 23.9 Å². The molecule has 2 heterocycles. The topological polar surface area (TPSA) is 90.1 Å². The van der Waals surface area contributed by atoms with Crippen LogP contribution in [0, 0.1) is 0 Å². The maximum Gasteiger partial charge on any atom is 0.265 e. The molecule has 7 heteroatoms. The van der Waals surface area contributed by atoms with Crippen LogP contribution < -0.4 is 10.1 Å². The normalized spacial score (nSPS) is 11.5. The third-order valence-corrected chi connectivity index (χ3v) is 3.14. The van der Waals surface area contributed by atoms with Crippen LogP contribution in [0.25, 0.3) is 22.4 Å². The van der Waals surface area contributed by atoms with Crippen LogP contribution in [0.3, 0.4) is 0 Å². The van der Waals surface area contributed by atoms with E-state index in [1.807, 2.05) is 51.1 Å². The van der Waals surface area contributed by atoms with Gasteiger partial charge in [-0.3, -0.25) is 4.79 Å². The minimum Gasteiger partial charge on any atom is -0.467 e. The number of rotatable bonds is 4. The molecule has 24 heavy (non-hydrogen) atoms. The summed E-state index contributed by atoms with van der Waals surface area (Å²) in [5.74, 6) is 0.0381. The van der Waals surface area contributed by atoms with Gasteiger partial charge in [0.05, 0.1) is 0 Å². The van der Waals surface area contributed by atoms with Crippen molar-refractivity contribution in [2.45, 2.75) is 26.3 Å². The Morgan fingerprint density at radius 3 is 2.67 bits per heavy atom. The monoisotopic (exact) mass is 326 g/mol. The molecule has 0 atom stereocenters. The first-order valence-corrected chi connectivity index (χ1v) is 7.54. The zero-order valence-electron chi connectivity index (χ0n) is 13.7. The van der Waals surface area contributed by atoms with Crippen molar-refractivity contribution in [3.63, 3.8) is 0 Å². The lowest BCUT2D eigenvalue weighted by atomic mass is 10.1. The van der Waals surface area contributed by atoms with Gasteiger partial charge in [-0.1, -0.05) is 35.5 Å². The van der Waals surface area contributed by atoms with Crippen LogP contribution in [-0.2, 0) is 4.79 Å². The summed E-state index contributed by atoms with van der Waals surface area (Å²) < 4.78 is 10.8. The van der Waals surface area contributed by atoms with Gasteiger partial charge in [0.1, 0.15) is 17.4 Å². The molecule has 0 radical (unpaired) electrons. The first-order chi connectivity index (χ1) is 11.4. The summed E-state index contributed by atoms with van der Waals surface area (Å²) >= 11 is 0. The predicted octanol–water partition coefficient (Wildman–Crippen LogP) is 2.58. The molecule has 1 aromatic carbocycles. The van der Waals surface area contributed by atoms with E-state index >= 15 is 0 Å². The van der Waals surface area contributed by atoms with Gasteiger partial charge in [0.15, 0.2) is 6.61 Å². The number of nitrogens with one attached hydrogen (secondary N) is 1. The summed E-state index contributed by atoms with van der Waals surface area (Å²) in [5, 5.41) is 7.43. The van der Waals surface area contributed by atoms with Crippen LogP contribution in [-0.4, -0.2) is 33.2 Å². The molecule has 0 saturated heterocycles. The van der Waals surface area contributed by atoms with Gasteiger partial charge in [-0.2, -0.15) is 4.98 Å². The highest BCUT2D eigenvalue weighted by Crippen LogP contribution is 2.32. The van der Waals surface area contributed by atoms with Crippen LogP contribution in [0.2, 0.25) is 0 Å². The second kappa shape index (κ2) is 6.27.